The highest BCUT2D eigenvalue weighted by Gasteiger charge is 2.19. The van der Waals surface area contributed by atoms with Gasteiger partial charge in [-0.15, -0.1) is 0 Å². The van der Waals surface area contributed by atoms with Crippen molar-refractivity contribution < 1.29 is 15.0 Å². The van der Waals surface area contributed by atoms with Crippen LogP contribution >= 0.6 is 0 Å². The Morgan fingerprint density at radius 3 is 1.00 bits per heavy atom. The van der Waals surface area contributed by atoms with E-state index in [2.05, 4.69) is 19.2 Å². The maximum Gasteiger partial charge on any atom is 0.220 e. The van der Waals surface area contributed by atoms with Gasteiger partial charge in [-0.1, -0.05) is 219 Å². The summed E-state index contributed by atoms with van der Waals surface area (Å²) in [7, 11) is 0. The van der Waals surface area contributed by atoms with E-state index in [1.54, 1.807) is 0 Å². The zero-order valence-electron chi connectivity index (χ0n) is 30.9. The van der Waals surface area contributed by atoms with Crippen molar-refractivity contribution in [2.45, 2.75) is 251 Å². The van der Waals surface area contributed by atoms with Gasteiger partial charge in [-0.3, -0.25) is 4.79 Å². The molecule has 4 heteroatoms. The summed E-state index contributed by atoms with van der Waals surface area (Å²) in [5.74, 6) is -0.0287. The second-order valence-corrected chi connectivity index (χ2v) is 14.4. The molecule has 0 aromatic carbocycles. The number of carbonyl (C=O) groups is 1. The Labute approximate surface area is 283 Å². The van der Waals surface area contributed by atoms with Crippen molar-refractivity contribution in [3.05, 3.63) is 0 Å². The van der Waals surface area contributed by atoms with Crippen LogP contribution in [0.3, 0.4) is 0 Å². The van der Waals surface area contributed by atoms with Crippen molar-refractivity contribution in [1.82, 2.24) is 5.32 Å². The number of hydrogen-bond donors (Lipinski definition) is 3. The third kappa shape index (κ3) is 34.5. The maximum atomic E-state index is 12.3. The molecule has 0 aromatic heterocycles. The fraction of sp³-hybridized carbons (Fsp3) is 0.976. The average molecular weight is 638 g/mol. The van der Waals surface area contributed by atoms with Crippen LogP contribution in [0, 0.1) is 0 Å². The van der Waals surface area contributed by atoms with E-state index in [1.165, 1.54) is 186 Å². The fourth-order valence-corrected chi connectivity index (χ4v) is 6.66. The van der Waals surface area contributed by atoms with E-state index in [0.29, 0.717) is 12.8 Å². The van der Waals surface area contributed by atoms with Gasteiger partial charge in [0, 0.05) is 6.42 Å². The van der Waals surface area contributed by atoms with Gasteiger partial charge in [0.05, 0.1) is 18.8 Å². The van der Waals surface area contributed by atoms with E-state index in [0.717, 1.165) is 25.7 Å². The van der Waals surface area contributed by atoms with E-state index in [4.69, 9.17) is 0 Å². The number of hydrogen-bond acceptors (Lipinski definition) is 3. The average Bonchev–Trinajstić information content (AvgIpc) is 3.04. The fourth-order valence-electron chi connectivity index (χ4n) is 6.66. The maximum absolute atomic E-state index is 12.3. The zero-order valence-corrected chi connectivity index (χ0v) is 30.9. The second-order valence-electron chi connectivity index (χ2n) is 14.4. The number of rotatable bonds is 38. The van der Waals surface area contributed by atoms with Crippen molar-refractivity contribution in [1.29, 1.82) is 0 Å². The number of aliphatic hydroxyl groups is 2. The van der Waals surface area contributed by atoms with Crippen molar-refractivity contribution in [3.8, 4) is 0 Å². The Hall–Kier alpha value is -0.610. The predicted molar refractivity (Wildman–Crippen MR) is 198 cm³/mol. The normalized spacial score (nSPS) is 12.9. The minimum atomic E-state index is -0.650. The minimum absolute atomic E-state index is 0.0287. The summed E-state index contributed by atoms with van der Waals surface area (Å²) in [5.41, 5.74) is 0. The van der Waals surface area contributed by atoms with E-state index in [-0.39, 0.29) is 12.5 Å². The van der Waals surface area contributed by atoms with Crippen LogP contribution in [0.5, 0.6) is 0 Å². The summed E-state index contributed by atoms with van der Waals surface area (Å²) >= 11 is 0. The van der Waals surface area contributed by atoms with Gasteiger partial charge in [0.25, 0.3) is 0 Å². The molecule has 1 amide bonds. The summed E-state index contributed by atoms with van der Waals surface area (Å²) < 4.78 is 0. The van der Waals surface area contributed by atoms with Gasteiger partial charge in [0.2, 0.25) is 5.91 Å². The molecule has 3 N–H and O–H groups in total. The highest BCUT2D eigenvalue weighted by molar-refractivity contribution is 5.76. The molecular weight excluding hydrogens is 554 g/mol. The first-order valence-corrected chi connectivity index (χ1v) is 20.7. The molecule has 0 bridgehead atoms. The molecule has 0 saturated heterocycles. The zero-order chi connectivity index (χ0) is 32.9. The van der Waals surface area contributed by atoms with Gasteiger partial charge in [0.15, 0.2) is 0 Å². The van der Waals surface area contributed by atoms with Crippen LogP contribution in [-0.4, -0.2) is 34.9 Å². The molecule has 0 aliphatic carbocycles. The molecule has 0 rings (SSSR count). The van der Waals surface area contributed by atoms with Crippen LogP contribution < -0.4 is 5.32 Å². The molecule has 0 radical (unpaired) electrons. The summed E-state index contributed by atoms with van der Waals surface area (Å²) in [6.07, 6.45) is 44.7. The third-order valence-corrected chi connectivity index (χ3v) is 9.87. The second kappa shape index (κ2) is 37.8. The van der Waals surface area contributed by atoms with Gasteiger partial charge in [0.1, 0.15) is 0 Å². The molecule has 0 spiro atoms. The Kier molecular flexibility index (Phi) is 37.3. The highest BCUT2D eigenvalue weighted by Crippen LogP contribution is 2.16. The molecule has 2 atom stereocenters. The highest BCUT2D eigenvalue weighted by atomic mass is 16.3. The van der Waals surface area contributed by atoms with Crippen molar-refractivity contribution in [2.24, 2.45) is 0 Å². The third-order valence-electron chi connectivity index (χ3n) is 9.87. The molecule has 0 fully saturated rings. The Bertz CT molecular complexity index is 569. The van der Waals surface area contributed by atoms with E-state index in [1.807, 2.05) is 0 Å². The first-order valence-electron chi connectivity index (χ1n) is 20.7. The first kappa shape index (κ1) is 44.4. The number of amides is 1. The van der Waals surface area contributed by atoms with Crippen molar-refractivity contribution in [3.63, 3.8) is 0 Å². The largest absolute Gasteiger partial charge is 0.394 e. The Balaban J connectivity index is 3.40. The molecular formula is C41H83NO3. The summed E-state index contributed by atoms with van der Waals surface area (Å²) in [4.78, 5) is 12.3. The molecule has 0 aromatic rings. The smallest absolute Gasteiger partial charge is 0.220 e. The van der Waals surface area contributed by atoms with Crippen LogP contribution in [0.4, 0.5) is 0 Å². The Morgan fingerprint density at radius 2 is 0.711 bits per heavy atom. The van der Waals surface area contributed by atoms with E-state index >= 15 is 0 Å². The van der Waals surface area contributed by atoms with Crippen LogP contribution in [0.25, 0.3) is 0 Å². The quantitative estimate of drug-likeness (QED) is 0.0590. The Morgan fingerprint density at radius 1 is 0.444 bits per heavy atom. The lowest BCUT2D eigenvalue weighted by molar-refractivity contribution is -0.123. The lowest BCUT2D eigenvalue weighted by Crippen LogP contribution is -2.45. The minimum Gasteiger partial charge on any atom is -0.394 e. The van der Waals surface area contributed by atoms with Crippen LogP contribution in [0.15, 0.2) is 0 Å². The van der Waals surface area contributed by atoms with Crippen LogP contribution in [0.1, 0.15) is 239 Å². The molecule has 45 heavy (non-hydrogen) atoms. The van der Waals surface area contributed by atoms with Gasteiger partial charge >= 0.3 is 0 Å². The first-order chi connectivity index (χ1) is 22.2. The van der Waals surface area contributed by atoms with Gasteiger partial charge in [-0.25, -0.2) is 0 Å². The number of aliphatic hydroxyl groups excluding tert-OH is 2. The topological polar surface area (TPSA) is 69.6 Å². The lowest BCUT2D eigenvalue weighted by atomic mass is 10.0. The number of carbonyl (C=O) groups excluding carboxylic acids is 1. The standard InChI is InChI=1S/C41H83NO3/c1-3-5-7-9-11-13-14-15-16-17-18-19-20-21-22-23-24-25-26-27-29-31-33-35-37-41(45)42-39(38-43)40(44)36-34-32-30-28-12-10-8-6-4-2/h39-40,43-44H,3-38H2,1-2H3,(H,42,45)/t39-,40+/m0/s1. The molecule has 0 aliphatic heterocycles. The lowest BCUT2D eigenvalue weighted by Gasteiger charge is -2.22. The summed E-state index contributed by atoms with van der Waals surface area (Å²) in [5, 5.41) is 23.0. The number of unbranched alkanes of at least 4 members (excludes halogenated alkanes) is 31. The summed E-state index contributed by atoms with van der Waals surface area (Å²) in [6.45, 7) is 4.35. The SMILES string of the molecule is CCCCCCCCCCCCCCCCCCCCCCCCCCC(=O)N[C@@H](CO)[C@H](O)CCCCCCCCCCC. The van der Waals surface area contributed by atoms with Crippen LogP contribution in [-0.2, 0) is 4.79 Å². The predicted octanol–water partition coefficient (Wildman–Crippen LogP) is 12.5. The van der Waals surface area contributed by atoms with Gasteiger partial charge in [-0.2, -0.15) is 0 Å². The molecule has 0 saturated carbocycles. The van der Waals surface area contributed by atoms with E-state index in [9.17, 15) is 15.0 Å². The van der Waals surface area contributed by atoms with Crippen molar-refractivity contribution in [2.75, 3.05) is 6.61 Å². The number of nitrogens with one attached hydrogen (secondary N) is 1. The van der Waals surface area contributed by atoms with Gasteiger partial charge < -0.3 is 15.5 Å². The summed E-state index contributed by atoms with van der Waals surface area (Å²) in [6, 6.07) is -0.527. The molecule has 0 heterocycles. The molecule has 0 aliphatic rings. The van der Waals surface area contributed by atoms with E-state index < -0.39 is 12.1 Å². The molecule has 0 unspecified atom stereocenters. The molecule has 4 nitrogen and oxygen atoms in total. The van der Waals surface area contributed by atoms with Gasteiger partial charge in [-0.05, 0) is 12.8 Å². The van der Waals surface area contributed by atoms with Crippen molar-refractivity contribution >= 4 is 5.91 Å². The van der Waals surface area contributed by atoms with Crippen LogP contribution in [0.2, 0.25) is 0 Å². The molecule has 270 valence electrons. The monoisotopic (exact) mass is 638 g/mol.